The highest BCUT2D eigenvalue weighted by atomic mass is 16.5. The van der Waals surface area contributed by atoms with Crippen molar-refractivity contribution < 1.29 is 19.4 Å². The highest BCUT2D eigenvalue weighted by Gasteiger charge is 2.26. The number of benzene rings is 1. The molecule has 1 fully saturated rings. The van der Waals surface area contributed by atoms with E-state index in [2.05, 4.69) is 0 Å². The third-order valence-corrected chi connectivity index (χ3v) is 3.12. The lowest BCUT2D eigenvalue weighted by Crippen LogP contribution is -2.30. The van der Waals surface area contributed by atoms with Crippen molar-refractivity contribution in [3.8, 4) is 0 Å². The predicted octanol–water partition coefficient (Wildman–Crippen LogP) is 1.25. The maximum absolute atomic E-state index is 12.2. The average Bonchev–Trinajstić information content (AvgIpc) is 2.86. The quantitative estimate of drug-likeness (QED) is 0.875. The summed E-state index contributed by atoms with van der Waals surface area (Å²) in [6.45, 7) is 1.21. The lowest BCUT2D eigenvalue weighted by atomic mass is 10.1. The van der Waals surface area contributed by atoms with Crippen LogP contribution in [-0.4, -0.2) is 48.2 Å². The molecule has 1 N–H and O–H groups in total. The highest BCUT2D eigenvalue weighted by molar-refractivity contribution is 5.97. The van der Waals surface area contributed by atoms with E-state index >= 15 is 0 Å². The largest absolute Gasteiger partial charge is 0.478 e. The second kappa shape index (κ2) is 5.18. The number of hydrogen-bond donors (Lipinski definition) is 1. The van der Waals surface area contributed by atoms with E-state index in [0.29, 0.717) is 18.7 Å². The summed E-state index contributed by atoms with van der Waals surface area (Å²) in [6, 6.07) is 6.10. The number of rotatable bonds is 3. The molecule has 2 rings (SSSR count). The number of likely N-dealkylation sites (tertiary alicyclic amines) is 1. The Hall–Kier alpha value is -1.88. The smallest absolute Gasteiger partial charge is 0.335 e. The lowest BCUT2D eigenvalue weighted by molar-refractivity contribution is 0.0696. The van der Waals surface area contributed by atoms with Crippen molar-refractivity contribution in [1.82, 2.24) is 4.90 Å². The maximum Gasteiger partial charge on any atom is 0.335 e. The molecule has 1 heterocycles. The molecule has 0 saturated carbocycles. The summed E-state index contributed by atoms with van der Waals surface area (Å²) in [4.78, 5) is 24.7. The zero-order valence-corrected chi connectivity index (χ0v) is 10.1. The number of nitrogens with zero attached hydrogens (tertiary/aromatic N) is 1. The number of aromatic carboxylic acids is 1. The molecule has 5 heteroatoms. The van der Waals surface area contributed by atoms with Gasteiger partial charge in [0.2, 0.25) is 0 Å². The van der Waals surface area contributed by atoms with Crippen molar-refractivity contribution in [1.29, 1.82) is 0 Å². The molecule has 0 aliphatic carbocycles. The lowest BCUT2D eigenvalue weighted by Gasteiger charge is -2.16. The third kappa shape index (κ3) is 2.51. The Morgan fingerprint density at radius 2 is 2.11 bits per heavy atom. The molecule has 0 radical (unpaired) electrons. The maximum atomic E-state index is 12.2. The summed E-state index contributed by atoms with van der Waals surface area (Å²) in [5, 5.41) is 8.89. The standard InChI is InChI=1S/C13H15NO4/c1-18-11-5-6-14(8-11)12(15)9-3-2-4-10(7-9)13(16)17/h2-4,7,11H,5-6,8H2,1H3,(H,16,17). The van der Waals surface area contributed by atoms with Crippen LogP contribution in [0.25, 0.3) is 0 Å². The Labute approximate surface area is 105 Å². The molecule has 1 aliphatic heterocycles. The number of carboxylic acid groups (broad SMARTS) is 1. The SMILES string of the molecule is COC1CCN(C(=O)c2cccc(C(=O)O)c2)C1. The van der Waals surface area contributed by atoms with E-state index in [9.17, 15) is 9.59 Å². The molecule has 0 spiro atoms. The van der Waals surface area contributed by atoms with Gasteiger partial charge < -0.3 is 14.7 Å². The van der Waals surface area contributed by atoms with Crippen LogP contribution >= 0.6 is 0 Å². The zero-order valence-electron chi connectivity index (χ0n) is 10.1. The van der Waals surface area contributed by atoms with Crippen molar-refractivity contribution >= 4 is 11.9 Å². The van der Waals surface area contributed by atoms with Crippen molar-refractivity contribution in [2.24, 2.45) is 0 Å². The molecule has 1 unspecified atom stereocenters. The van der Waals surface area contributed by atoms with Gasteiger partial charge in [0.15, 0.2) is 0 Å². The second-order valence-corrected chi connectivity index (χ2v) is 4.28. The molecule has 1 aromatic carbocycles. The van der Waals surface area contributed by atoms with Gasteiger partial charge in [-0.3, -0.25) is 4.79 Å². The number of carboxylic acids is 1. The minimum Gasteiger partial charge on any atom is -0.478 e. The predicted molar refractivity (Wildman–Crippen MR) is 64.7 cm³/mol. The van der Waals surface area contributed by atoms with Gasteiger partial charge in [-0.05, 0) is 24.6 Å². The van der Waals surface area contributed by atoms with Crippen molar-refractivity contribution in [2.75, 3.05) is 20.2 Å². The second-order valence-electron chi connectivity index (χ2n) is 4.28. The molecular weight excluding hydrogens is 234 g/mol. The molecule has 1 aliphatic rings. The number of carbonyl (C=O) groups excluding carboxylic acids is 1. The summed E-state index contributed by atoms with van der Waals surface area (Å²) in [7, 11) is 1.63. The van der Waals surface area contributed by atoms with Gasteiger partial charge in [-0.15, -0.1) is 0 Å². The molecule has 1 saturated heterocycles. The van der Waals surface area contributed by atoms with E-state index in [0.717, 1.165) is 6.42 Å². The van der Waals surface area contributed by atoms with Crippen molar-refractivity contribution in [2.45, 2.75) is 12.5 Å². The molecular formula is C13H15NO4. The van der Waals surface area contributed by atoms with Gasteiger partial charge in [-0.2, -0.15) is 0 Å². The van der Waals surface area contributed by atoms with E-state index < -0.39 is 5.97 Å². The van der Waals surface area contributed by atoms with E-state index in [-0.39, 0.29) is 17.6 Å². The molecule has 1 aromatic rings. The third-order valence-electron chi connectivity index (χ3n) is 3.12. The molecule has 5 nitrogen and oxygen atoms in total. The molecule has 1 atom stereocenters. The molecule has 1 amide bonds. The molecule has 18 heavy (non-hydrogen) atoms. The number of ether oxygens (including phenoxy) is 1. The topological polar surface area (TPSA) is 66.8 Å². The summed E-state index contributed by atoms with van der Waals surface area (Å²) in [6.07, 6.45) is 0.900. The fourth-order valence-corrected chi connectivity index (χ4v) is 2.07. The number of carbonyl (C=O) groups is 2. The highest BCUT2D eigenvalue weighted by Crippen LogP contribution is 2.16. The van der Waals surface area contributed by atoms with Crippen LogP contribution in [0.4, 0.5) is 0 Å². The normalized spacial score (nSPS) is 18.9. The zero-order chi connectivity index (χ0) is 13.1. The van der Waals surface area contributed by atoms with Crippen LogP contribution in [0.2, 0.25) is 0 Å². The monoisotopic (exact) mass is 249 g/mol. The van der Waals surface area contributed by atoms with Gasteiger partial charge in [0.25, 0.3) is 5.91 Å². The van der Waals surface area contributed by atoms with Gasteiger partial charge in [-0.25, -0.2) is 4.79 Å². The first-order valence-electron chi connectivity index (χ1n) is 5.77. The summed E-state index contributed by atoms with van der Waals surface area (Å²) in [5.41, 5.74) is 0.537. The van der Waals surface area contributed by atoms with Crippen molar-refractivity contribution in [3.63, 3.8) is 0 Å². The first kappa shape index (κ1) is 12.6. The average molecular weight is 249 g/mol. The Kier molecular flexibility index (Phi) is 3.62. The van der Waals surface area contributed by atoms with Gasteiger partial charge in [-0.1, -0.05) is 6.07 Å². The van der Waals surface area contributed by atoms with Crippen LogP contribution in [0.15, 0.2) is 24.3 Å². The molecule has 96 valence electrons. The minimum absolute atomic E-state index is 0.0802. The van der Waals surface area contributed by atoms with E-state index in [4.69, 9.17) is 9.84 Å². The minimum atomic E-state index is -1.03. The van der Waals surface area contributed by atoms with E-state index in [1.54, 1.807) is 24.1 Å². The van der Waals surface area contributed by atoms with E-state index in [1.165, 1.54) is 12.1 Å². The number of methoxy groups -OCH3 is 1. The summed E-state index contributed by atoms with van der Waals surface area (Å²) in [5.74, 6) is -1.17. The van der Waals surface area contributed by atoms with E-state index in [1.807, 2.05) is 0 Å². The fourth-order valence-electron chi connectivity index (χ4n) is 2.07. The molecule has 0 aromatic heterocycles. The van der Waals surface area contributed by atoms with Crippen LogP contribution < -0.4 is 0 Å². The van der Waals surface area contributed by atoms with Crippen LogP contribution in [0.3, 0.4) is 0 Å². The van der Waals surface area contributed by atoms with Gasteiger partial charge >= 0.3 is 5.97 Å². The first-order chi connectivity index (χ1) is 8.61. The van der Waals surface area contributed by atoms with Crippen LogP contribution in [0.5, 0.6) is 0 Å². The molecule has 0 bridgehead atoms. The Bertz CT molecular complexity index is 472. The van der Waals surface area contributed by atoms with Crippen molar-refractivity contribution in [3.05, 3.63) is 35.4 Å². The Balaban J connectivity index is 2.14. The van der Waals surface area contributed by atoms with Gasteiger partial charge in [0.05, 0.1) is 11.7 Å². The van der Waals surface area contributed by atoms with Gasteiger partial charge in [0, 0.05) is 25.8 Å². The van der Waals surface area contributed by atoms with Crippen LogP contribution in [0, 0.1) is 0 Å². The van der Waals surface area contributed by atoms with Gasteiger partial charge in [0.1, 0.15) is 0 Å². The Morgan fingerprint density at radius 1 is 1.39 bits per heavy atom. The summed E-state index contributed by atoms with van der Waals surface area (Å²) >= 11 is 0. The fraction of sp³-hybridized carbons (Fsp3) is 0.385. The number of hydrogen-bond acceptors (Lipinski definition) is 3. The number of amides is 1. The first-order valence-corrected chi connectivity index (χ1v) is 5.77. The summed E-state index contributed by atoms with van der Waals surface area (Å²) < 4.78 is 5.20. The van der Waals surface area contributed by atoms with Crippen LogP contribution in [-0.2, 0) is 4.74 Å². The van der Waals surface area contributed by atoms with Crippen LogP contribution in [0.1, 0.15) is 27.1 Å². The Morgan fingerprint density at radius 3 is 2.72 bits per heavy atom.